The molecule has 2 aromatic heterocycles. The minimum absolute atomic E-state index is 0.152. The molecule has 0 unspecified atom stereocenters. The normalized spacial score (nSPS) is 10.7. The fourth-order valence-corrected chi connectivity index (χ4v) is 2.30. The van der Waals surface area contributed by atoms with Gasteiger partial charge in [-0.3, -0.25) is 4.79 Å². The number of nitrogens with one attached hydrogen (secondary N) is 2. The third-order valence-corrected chi connectivity index (χ3v) is 3.19. The maximum atomic E-state index is 12.1. The van der Waals surface area contributed by atoms with Gasteiger partial charge in [0.2, 0.25) is 0 Å². The number of benzene rings is 1. The van der Waals surface area contributed by atoms with E-state index in [0.717, 1.165) is 5.69 Å². The standard InChI is InChI=1S/C15H12N2O3/c1-20-15(19)13-12(11-7-4-8-16-11)9-5-2-3-6-10(9)14(18)17-13/h2-8,16H,1H3,(H,17,18). The molecule has 0 aliphatic heterocycles. The first kappa shape index (κ1) is 12.2. The number of pyridine rings is 1. The highest BCUT2D eigenvalue weighted by atomic mass is 16.5. The lowest BCUT2D eigenvalue weighted by atomic mass is 10.0. The number of hydrogen-bond acceptors (Lipinski definition) is 3. The van der Waals surface area contributed by atoms with Gasteiger partial charge in [0.25, 0.3) is 5.56 Å². The molecule has 0 aliphatic carbocycles. The molecule has 2 N–H and O–H groups in total. The van der Waals surface area contributed by atoms with Crippen molar-refractivity contribution in [2.75, 3.05) is 7.11 Å². The first-order valence-electron chi connectivity index (χ1n) is 6.09. The van der Waals surface area contributed by atoms with E-state index in [4.69, 9.17) is 4.74 Å². The summed E-state index contributed by atoms with van der Waals surface area (Å²) in [5.74, 6) is -0.572. The number of fused-ring (bicyclic) bond motifs is 1. The van der Waals surface area contributed by atoms with Crippen LogP contribution in [-0.2, 0) is 4.74 Å². The Balaban J connectivity index is 2.47. The fraction of sp³-hybridized carbons (Fsp3) is 0.0667. The number of hydrogen-bond donors (Lipinski definition) is 2. The molecule has 1 aromatic carbocycles. The second-order valence-electron chi connectivity index (χ2n) is 4.33. The predicted octanol–water partition coefficient (Wildman–Crippen LogP) is 2.31. The largest absolute Gasteiger partial charge is 0.464 e. The van der Waals surface area contributed by atoms with Crippen molar-refractivity contribution in [1.29, 1.82) is 0 Å². The van der Waals surface area contributed by atoms with Crippen LogP contribution in [0.2, 0.25) is 0 Å². The number of methoxy groups -OCH3 is 1. The maximum Gasteiger partial charge on any atom is 0.355 e. The predicted molar refractivity (Wildman–Crippen MR) is 75.7 cm³/mol. The van der Waals surface area contributed by atoms with E-state index >= 15 is 0 Å². The number of H-pyrrole nitrogens is 2. The van der Waals surface area contributed by atoms with Crippen molar-refractivity contribution in [3.8, 4) is 11.3 Å². The van der Waals surface area contributed by atoms with Crippen LogP contribution >= 0.6 is 0 Å². The second kappa shape index (κ2) is 4.70. The zero-order valence-electron chi connectivity index (χ0n) is 10.8. The molecular formula is C15H12N2O3. The van der Waals surface area contributed by atoms with Crippen LogP contribution in [0.1, 0.15) is 10.5 Å². The van der Waals surface area contributed by atoms with Gasteiger partial charge in [0.05, 0.1) is 7.11 Å². The Morgan fingerprint density at radius 3 is 2.50 bits per heavy atom. The molecular weight excluding hydrogens is 256 g/mol. The van der Waals surface area contributed by atoms with Crippen LogP contribution < -0.4 is 5.56 Å². The van der Waals surface area contributed by atoms with Gasteiger partial charge in [-0.05, 0) is 23.6 Å². The zero-order chi connectivity index (χ0) is 14.1. The van der Waals surface area contributed by atoms with Gasteiger partial charge < -0.3 is 14.7 Å². The van der Waals surface area contributed by atoms with Crippen LogP contribution in [0.15, 0.2) is 47.4 Å². The smallest absolute Gasteiger partial charge is 0.355 e. The average molecular weight is 268 g/mol. The minimum Gasteiger partial charge on any atom is -0.464 e. The maximum absolute atomic E-state index is 12.1. The van der Waals surface area contributed by atoms with Crippen molar-refractivity contribution in [3.63, 3.8) is 0 Å². The summed E-state index contributed by atoms with van der Waals surface area (Å²) in [6.07, 6.45) is 1.76. The molecule has 0 saturated carbocycles. The Morgan fingerprint density at radius 2 is 1.85 bits per heavy atom. The van der Waals surface area contributed by atoms with E-state index in [1.165, 1.54) is 7.11 Å². The summed E-state index contributed by atoms with van der Waals surface area (Å²) in [6.45, 7) is 0. The SMILES string of the molecule is COC(=O)c1[nH]c(=O)c2ccccc2c1-c1ccc[nH]1. The van der Waals surface area contributed by atoms with Gasteiger partial charge in [-0.2, -0.15) is 0 Å². The van der Waals surface area contributed by atoms with Gasteiger partial charge in [0.15, 0.2) is 0 Å². The first-order valence-corrected chi connectivity index (χ1v) is 6.09. The quantitative estimate of drug-likeness (QED) is 0.700. The summed E-state index contributed by atoms with van der Waals surface area (Å²) in [7, 11) is 1.29. The Kier molecular flexibility index (Phi) is 2.87. The number of aromatic nitrogens is 2. The van der Waals surface area contributed by atoms with E-state index in [1.54, 1.807) is 18.3 Å². The average Bonchev–Trinajstić information content (AvgIpc) is 3.00. The molecule has 3 rings (SSSR count). The van der Waals surface area contributed by atoms with Crippen molar-refractivity contribution in [2.24, 2.45) is 0 Å². The van der Waals surface area contributed by atoms with Crippen LogP contribution in [0.5, 0.6) is 0 Å². The Bertz CT molecular complexity index is 832. The number of esters is 1. The summed E-state index contributed by atoms with van der Waals surface area (Å²) in [4.78, 5) is 29.6. The number of carbonyl (C=O) groups is 1. The molecule has 0 spiro atoms. The Morgan fingerprint density at radius 1 is 1.10 bits per heavy atom. The number of rotatable bonds is 2. The van der Waals surface area contributed by atoms with E-state index in [1.807, 2.05) is 24.3 Å². The molecule has 0 bridgehead atoms. The van der Waals surface area contributed by atoms with Crippen molar-refractivity contribution >= 4 is 16.7 Å². The Hall–Kier alpha value is -2.82. The summed E-state index contributed by atoms with van der Waals surface area (Å²) in [5.41, 5.74) is 1.23. The molecule has 20 heavy (non-hydrogen) atoms. The zero-order valence-corrected chi connectivity index (χ0v) is 10.8. The van der Waals surface area contributed by atoms with Gasteiger partial charge in [-0.25, -0.2) is 4.79 Å². The lowest BCUT2D eigenvalue weighted by Gasteiger charge is -2.10. The van der Waals surface area contributed by atoms with E-state index in [-0.39, 0.29) is 11.3 Å². The van der Waals surface area contributed by atoms with E-state index in [2.05, 4.69) is 9.97 Å². The summed E-state index contributed by atoms with van der Waals surface area (Å²) < 4.78 is 4.76. The second-order valence-corrected chi connectivity index (χ2v) is 4.33. The fourth-order valence-electron chi connectivity index (χ4n) is 2.30. The number of aromatic amines is 2. The monoisotopic (exact) mass is 268 g/mol. The van der Waals surface area contributed by atoms with Gasteiger partial charge in [0, 0.05) is 22.8 Å². The van der Waals surface area contributed by atoms with Gasteiger partial charge in [-0.1, -0.05) is 18.2 Å². The van der Waals surface area contributed by atoms with Crippen molar-refractivity contribution < 1.29 is 9.53 Å². The molecule has 2 heterocycles. The van der Waals surface area contributed by atoms with Crippen LogP contribution in [0.25, 0.3) is 22.0 Å². The van der Waals surface area contributed by atoms with Gasteiger partial charge >= 0.3 is 5.97 Å². The molecule has 0 radical (unpaired) electrons. The van der Waals surface area contributed by atoms with Crippen LogP contribution in [0.3, 0.4) is 0 Å². The summed E-state index contributed by atoms with van der Waals surface area (Å²) in [6, 6.07) is 10.8. The highest BCUT2D eigenvalue weighted by Gasteiger charge is 2.19. The molecule has 5 heteroatoms. The molecule has 0 saturated heterocycles. The Labute approximate surface area is 114 Å². The molecule has 3 aromatic rings. The molecule has 5 nitrogen and oxygen atoms in total. The highest BCUT2D eigenvalue weighted by molar-refractivity contribution is 6.05. The molecule has 0 aliphatic rings. The van der Waals surface area contributed by atoms with Crippen molar-refractivity contribution in [3.05, 3.63) is 58.6 Å². The third kappa shape index (κ3) is 1.80. The summed E-state index contributed by atoms with van der Waals surface area (Å²) in [5, 5.41) is 1.24. The van der Waals surface area contributed by atoms with Crippen LogP contribution in [0, 0.1) is 0 Å². The third-order valence-electron chi connectivity index (χ3n) is 3.19. The number of carbonyl (C=O) groups excluding carboxylic acids is 1. The lowest BCUT2D eigenvalue weighted by molar-refractivity contribution is 0.0595. The van der Waals surface area contributed by atoms with E-state index in [0.29, 0.717) is 16.3 Å². The topological polar surface area (TPSA) is 75.0 Å². The molecule has 0 amide bonds. The van der Waals surface area contributed by atoms with E-state index < -0.39 is 5.97 Å². The van der Waals surface area contributed by atoms with Gasteiger partial charge in [0.1, 0.15) is 5.69 Å². The molecule has 0 atom stereocenters. The molecule has 0 fully saturated rings. The van der Waals surface area contributed by atoms with Crippen molar-refractivity contribution in [1.82, 2.24) is 9.97 Å². The first-order chi connectivity index (χ1) is 9.72. The van der Waals surface area contributed by atoms with Crippen molar-refractivity contribution in [2.45, 2.75) is 0 Å². The van der Waals surface area contributed by atoms with Crippen LogP contribution in [0.4, 0.5) is 0 Å². The molecule has 100 valence electrons. The number of ether oxygens (including phenoxy) is 1. The highest BCUT2D eigenvalue weighted by Crippen LogP contribution is 2.28. The van der Waals surface area contributed by atoms with Gasteiger partial charge in [-0.15, -0.1) is 0 Å². The lowest BCUT2D eigenvalue weighted by Crippen LogP contribution is -2.16. The summed E-state index contributed by atoms with van der Waals surface area (Å²) >= 11 is 0. The van der Waals surface area contributed by atoms with E-state index in [9.17, 15) is 9.59 Å². The minimum atomic E-state index is -0.572. The van der Waals surface area contributed by atoms with Crippen LogP contribution in [-0.4, -0.2) is 23.0 Å².